The van der Waals surface area contributed by atoms with Crippen LogP contribution in [-0.4, -0.2) is 36.7 Å². The SMILES string of the molecule is CNS(=O)(=O)c1cccc(C(c2cn(C(=O)OC(C)(C)C)cn2)c2cccc(C)c2C)c1. The molecule has 0 aliphatic heterocycles. The van der Waals surface area contributed by atoms with Crippen molar-refractivity contribution in [3.8, 4) is 0 Å². The van der Waals surface area contributed by atoms with Gasteiger partial charge in [-0.1, -0.05) is 30.3 Å². The molecule has 3 rings (SSSR count). The Hall–Kier alpha value is -2.97. The zero-order chi connectivity index (χ0) is 23.7. The van der Waals surface area contributed by atoms with Gasteiger partial charge in [-0.05, 0) is 76.1 Å². The van der Waals surface area contributed by atoms with E-state index in [4.69, 9.17) is 4.74 Å². The van der Waals surface area contributed by atoms with Gasteiger partial charge in [-0.2, -0.15) is 0 Å². The van der Waals surface area contributed by atoms with Crippen molar-refractivity contribution < 1.29 is 17.9 Å². The topological polar surface area (TPSA) is 90.3 Å². The van der Waals surface area contributed by atoms with E-state index in [1.165, 1.54) is 17.9 Å². The summed E-state index contributed by atoms with van der Waals surface area (Å²) in [6.07, 6.45) is 2.54. The van der Waals surface area contributed by atoms with Crippen molar-refractivity contribution in [3.05, 3.63) is 82.9 Å². The summed E-state index contributed by atoms with van der Waals surface area (Å²) in [7, 11) is -2.23. The van der Waals surface area contributed by atoms with E-state index in [-0.39, 0.29) is 10.8 Å². The number of rotatable bonds is 5. The molecular weight excluding hydrogens is 426 g/mol. The number of carbonyl (C=O) groups excluding carboxylic acids is 1. The fourth-order valence-corrected chi connectivity index (χ4v) is 4.26. The predicted molar refractivity (Wildman–Crippen MR) is 123 cm³/mol. The van der Waals surface area contributed by atoms with Gasteiger partial charge in [0.2, 0.25) is 10.0 Å². The molecule has 0 radical (unpaired) electrons. The Kier molecular flexibility index (Phi) is 6.57. The van der Waals surface area contributed by atoms with E-state index in [9.17, 15) is 13.2 Å². The van der Waals surface area contributed by atoms with Crippen molar-refractivity contribution in [2.75, 3.05) is 7.05 Å². The molecule has 0 fully saturated rings. The Bertz CT molecular complexity index is 1240. The van der Waals surface area contributed by atoms with Gasteiger partial charge in [-0.3, -0.25) is 0 Å². The lowest BCUT2D eigenvalue weighted by Gasteiger charge is -2.21. The maximum atomic E-state index is 12.5. The van der Waals surface area contributed by atoms with Crippen molar-refractivity contribution in [1.29, 1.82) is 0 Å². The normalized spacial score (nSPS) is 13.1. The summed E-state index contributed by atoms with van der Waals surface area (Å²) in [5.41, 5.74) is 3.90. The fourth-order valence-electron chi connectivity index (χ4n) is 3.48. The van der Waals surface area contributed by atoms with Crippen LogP contribution in [0, 0.1) is 13.8 Å². The van der Waals surface area contributed by atoms with Gasteiger partial charge in [0.1, 0.15) is 11.9 Å². The summed E-state index contributed by atoms with van der Waals surface area (Å²) in [6, 6.07) is 12.8. The van der Waals surface area contributed by atoms with Crippen LogP contribution in [0.1, 0.15) is 54.6 Å². The lowest BCUT2D eigenvalue weighted by Crippen LogP contribution is -2.26. The molecular formula is C24H29N3O4S. The maximum Gasteiger partial charge on any atom is 0.419 e. The van der Waals surface area contributed by atoms with Crippen LogP contribution >= 0.6 is 0 Å². The number of nitrogens with zero attached hydrogens (tertiary/aromatic N) is 2. The van der Waals surface area contributed by atoms with Crippen LogP contribution in [0.2, 0.25) is 0 Å². The van der Waals surface area contributed by atoms with Gasteiger partial charge in [0, 0.05) is 6.20 Å². The van der Waals surface area contributed by atoms with Crippen LogP contribution in [0.5, 0.6) is 0 Å². The molecule has 32 heavy (non-hydrogen) atoms. The van der Waals surface area contributed by atoms with Crippen molar-refractivity contribution in [2.24, 2.45) is 0 Å². The number of hydrogen-bond donors (Lipinski definition) is 1. The van der Waals surface area contributed by atoms with Crippen LogP contribution in [0.25, 0.3) is 0 Å². The van der Waals surface area contributed by atoms with E-state index in [1.54, 1.807) is 45.2 Å². The number of imidazole rings is 1. The number of hydrogen-bond acceptors (Lipinski definition) is 5. The first kappa shape index (κ1) is 23.7. The zero-order valence-corrected chi connectivity index (χ0v) is 20.0. The van der Waals surface area contributed by atoms with E-state index < -0.39 is 21.7 Å². The van der Waals surface area contributed by atoms with Gasteiger partial charge in [0.25, 0.3) is 0 Å². The third-order valence-corrected chi connectivity index (χ3v) is 6.64. The molecule has 0 bridgehead atoms. The second kappa shape index (κ2) is 8.88. The second-order valence-electron chi connectivity index (χ2n) is 8.69. The van der Waals surface area contributed by atoms with Crippen LogP contribution in [0.3, 0.4) is 0 Å². The third kappa shape index (κ3) is 5.08. The third-order valence-electron chi connectivity index (χ3n) is 5.23. The molecule has 3 aromatic rings. The standard InChI is InChI=1S/C24H29N3O4S/c1-16-9-7-12-20(17(16)2)22(18-10-8-11-19(13-18)32(29,30)25-6)21-14-27(15-26-21)23(28)31-24(3,4)5/h7-15,22,25H,1-6H3. The molecule has 0 saturated heterocycles. The molecule has 0 spiro atoms. The van der Waals surface area contributed by atoms with Crippen molar-refractivity contribution in [2.45, 2.75) is 51.0 Å². The molecule has 1 N–H and O–H groups in total. The smallest absolute Gasteiger partial charge is 0.419 e. The molecule has 0 saturated carbocycles. The molecule has 7 nitrogen and oxygen atoms in total. The van der Waals surface area contributed by atoms with Crippen molar-refractivity contribution in [1.82, 2.24) is 14.3 Å². The van der Waals surface area contributed by atoms with Gasteiger partial charge in [-0.15, -0.1) is 0 Å². The maximum absolute atomic E-state index is 12.5. The Labute approximate surface area is 189 Å². The van der Waals surface area contributed by atoms with E-state index in [2.05, 4.69) is 9.71 Å². The lowest BCUT2D eigenvalue weighted by atomic mass is 9.85. The first-order valence-corrected chi connectivity index (χ1v) is 11.8. The van der Waals surface area contributed by atoms with Gasteiger partial charge in [0.15, 0.2) is 0 Å². The van der Waals surface area contributed by atoms with E-state index in [1.807, 2.05) is 38.1 Å². The molecule has 1 heterocycles. The monoisotopic (exact) mass is 455 g/mol. The highest BCUT2D eigenvalue weighted by atomic mass is 32.2. The Morgan fingerprint density at radius 3 is 2.47 bits per heavy atom. The molecule has 1 aromatic heterocycles. The van der Waals surface area contributed by atoms with Gasteiger partial charge in [0.05, 0.1) is 16.5 Å². The minimum absolute atomic E-state index is 0.166. The second-order valence-corrected chi connectivity index (χ2v) is 10.6. The highest BCUT2D eigenvalue weighted by Gasteiger charge is 2.25. The average molecular weight is 456 g/mol. The van der Waals surface area contributed by atoms with E-state index in [0.717, 1.165) is 22.3 Å². The van der Waals surface area contributed by atoms with E-state index in [0.29, 0.717) is 5.69 Å². The largest absolute Gasteiger partial charge is 0.443 e. The summed E-state index contributed by atoms with van der Waals surface area (Å²) in [5, 5.41) is 0. The minimum Gasteiger partial charge on any atom is -0.443 e. The lowest BCUT2D eigenvalue weighted by molar-refractivity contribution is 0.0536. The molecule has 0 aliphatic rings. The Morgan fingerprint density at radius 1 is 1.12 bits per heavy atom. The first-order chi connectivity index (χ1) is 14.9. The highest BCUT2D eigenvalue weighted by Crippen LogP contribution is 2.34. The molecule has 170 valence electrons. The quantitative estimate of drug-likeness (QED) is 0.617. The summed E-state index contributed by atoms with van der Waals surface area (Å²) >= 11 is 0. The number of aromatic nitrogens is 2. The van der Waals surface area contributed by atoms with Crippen molar-refractivity contribution in [3.63, 3.8) is 0 Å². The summed E-state index contributed by atoms with van der Waals surface area (Å²) in [5.74, 6) is -0.370. The van der Waals surface area contributed by atoms with Gasteiger partial charge >= 0.3 is 6.09 Å². The van der Waals surface area contributed by atoms with Crippen molar-refractivity contribution >= 4 is 16.1 Å². The fraction of sp³-hybridized carbons (Fsp3) is 0.333. The number of carbonyl (C=O) groups is 1. The zero-order valence-electron chi connectivity index (χ0n) is 19.2. The summed E-state index contributed by atoms with van der Waals surface area (Å²) in [4.78, 5) is 17.2. The summed E-state index contributed by atoms with van der Waals surface area (Å²) in [6.45, 7) is 9.45. The minimum atomic E-state index is -3.62. The molecule has 1 atom stereocenters. The Balaban J connectivity index is 2.15. The van der Waals surface area contributed by atoms with Crippen LogP contribution in [0.4, 0.5) is 4.79 Å². The predicted octanol–water partition coefficient (Wildman–Crippen LogP) is 4.37. The number of nitrogens with one attached hydrogen (secondary N) is 1. The van der Waals surface area contributed by atoms with Gasteiger partial charge < -0.3 is 4.74 Å². The highest BCUT2D eigenvalue weighted by molar-refractivity contribution is 7.89. The van der Waals surface area contributed by atoms with Crippen LogP contribution in [0.15, 0.2) is 59.9 Å². The Morgan fingerprint density at radius 2 is 1.81 bits per heavy atom. The number of ether oxygens (including phenoxy) is 1. The van der Waals surface area contributed by atoms with Crippen LogP contribution < -0.4 is 4.72 Å². The van der Waals surface area contributed by atoms with E-state index >= 15 is 0 Å². The average Bonchev–Trinajstić information content (AvgIpc) is 3.20. The first-order valence-electron chi connectivity index (χ1n) is 10.3. The number of aryl methyl sites for hydroxylation is 1. The molecule has 0 aliphatic carbocycles. The van der Waals surface area contributed by atoms with Crippen LogP contribution in [-0.2, 0) is 14.8 Å². The van der Waals surface area contributed by atoms with Gasteiger partial charge in [-0.25, -0.2) is 27.5 Å². The summed E-state index contributed by atoms with van der Waals surface area (Å²) < 4.78 is 33.9. The molecule has 1 unspecified atom stereocenters. The number of benzene rings is 2. The molecule has 8 heteroatoms. The molecule has 0 amide bonds. The number of sulfonamides is 1. The molecule has 2 aromatic carbocycles.